The van der Waals surface area contributed by atoms with Gasteiger partial charge in [0.05, 0.1) is 5.52 Å². The number of benzene rings is 1. The highest BCUT2D eigenvalue weighted by molar-refractivity contribution is 5.92. The topological polar surface area (TPSA) is 22.6 Å². The first-order valence-corrected chi connectivity index (χ1v) is 9.84. The second kappa shape index (κ2) is 7.49. The number of likely N-dealkylation sites (N-methyl/N-ethyl adjacent to an activating group) is 1. The van der Waals surface area contributed by atoms with Crippen LogP contribution in [-0.2, 0) is 0 Å². The molecule has 2 aromatic rings. The molecule has 4 rings (SSSR count). The Bertz CT molecular complexity index is 770. The zero-order valence-electron chi connectivity index (χ0n) is 15.9. The van der Waals surface area contributed by atoms with Crippen LogP contribution in [0.15, 0.2) is 24.3 Å². The molecule has 26 heavy (non-hydrogen) atoms. The highest BCUT2D eigenvalue weighted by Gasteiger charge is 2.25. The zero-order valence-corrected chi connectivity index (χ0v) is 15.9. The van der Waals surface area contributed by atoms with Crippen molar-refractivity contribution in [3.05, 3.63) is 35.8 Å². The van der Waals surface area contributed by atoms with Gasteiger partial charge in [-0.3, -0.25) is 9.88 Å². The molecule has 2 fully saturated rings. The van der Waals surface area contributed by atoms with E-state index in [1.165, 1.54) is 38.4 Å². The van der Waals surface area contributed by atoms with Crippen molar-refractivity contribution in [2.24, 2.45) is 0 Å². The smallest absolute Gasteiger partial charge is 0.124 e. The standard InChI is InChI=1S/C21H29FN4/c1-16-13-21(19-14-17(22)6-7-20(19)23-16)26-11-9-25(10-12-26)15-18-5-3-4-8-24(18)2/h6-7,13-14,18H,3-5,8-12,15H2,1-2H3. The van der Waals surface area contributed by atoms with Crippen molar-refractivity contribution in [1.29, 1.82) is 0 Å². The number of piperazine rings is 1. The molecule has 0 bridgehead atoms. The van der Waals surface area contributed by atoms with Crippen molar-refractivity contribution in [1.82, 2.24) is 14.8 Å². The van der Waals surface area contributed by atoms with E-state index in [9.17, 15) is 4.39 Å². The molecule has 4 nitrogen and oxygen atoms in total. The summed E-state index contributed by atoms with van der Waals surface area (Å²) in [5.74, 6) is -0.191. The van der Waals surface area contributed by atoms with Crippen LogP contribution in [0.25, 0.3) is 10.9 Å². The third-order valence-electron chi connectivity index (χ3n) is 5.98. The molecule has 0 spiro atoms. The van der Waals surface area contributed by atoms with E-state index in [0.29, 0.717) is 6.04 Å². The number of halogens is 1. The first-order valence-electron chi connectivity index (χ1n) is 9.84. The third kappa shape index (κ3) is 3.69. The van der Waals surface area contributed by atoms with Gasteiger partial charge < -0.3 is 9.80 Å². The number of nitrogens with zero attached hydrogens (tertiary/aromatic N) is 4. The van der Waals surface area contributed by atoms with Gasteiger partial charge in [-0.1, -0.05) is 6.42 Å². The number of likely N-dealkylation sites (tertiary alicyclic amines) is 1. The molecule has 2 aliphatic rings. The lowest BCUT2D eigenvalue weighted by Gasteiger charge is -2.41. The van der Waals surface area contributed by atoms with E-state index in [2.05, 4.69) is 32.8 Å². The maximum absolute atomic E-state index is 13.8. The average Bonchev–Trinajstić information content (AvgIpc) is 2.64. The maximum Gasteiger partial charge on any atom is 0.124 e. The number of anilines is 1. The van der Waals surface area contributed by atoms with E-state index in [1.54, 1.807) is 12.1 Å². The van der Waals surface area contributed by atoms with Gasteiger partial charge in [-0.05, 0) is 57.6 Å². The van der Waals surface area contributed by atoms with Gasteiger partial charge in [-0.2, -0.15) is 0 Å². The number of hydrogen-bond donors (Lipinski definition) is 0. The molecule has 1 aromatic carbocycles. The molecule has 1 aromatic heterocycles. The Labute approximate surface area is 155 Å². The third-order valence-corrected chi connectivity index (χ3v) is 5.98. The van der Waals surface area contributed by atoms with Gasteiger partial charge in [0, 0.05) is 55.5 Å². The number of aromatic nitrogens is 1. The predicted octanol–water partition coefficient (Wildman–Crippen LogP) is 3.29. The fraction of sp³-hybridized carbons (Fsp3) is 0.571. The zero-order chi connectivity index (χ0) is 18.1. The molecule has 0 aliphatic carbocycles. The molecule has 5 heteroatoms. The molecule has 0 radical (unpaired) electrons. The Morgan fingerprint density at radius 2 is 1.88 bits per heavy atom. The number of aryl methyl sites for hydroxylation is 1. The molecule has 140 valence electrons. The van der Waals surface area contributed by atoms with E-state index < -0.39 is 0 Å². The minimum atomic E-state index is -0.191. The molecule has 1 unspecified atom stereocenters. The SMILES string of the molecule is Cc1cc(N2CCN(CC3CCCCN3C)CC2)c2cc(F)ccc2n1. The summed E-state index contributed by atoms with van der Waals surface area (Å²) in [5.41, 5.74) is 3.00. The second-order valence-corrected chi connectivity index (χ2v) is 7.86. The van der Waals surface area contributed by atoms with Crippen LogP contribution in [0.3, 0.4) is 0 Å². The van der Waals surface area contributed by atoms with E-state index in [-0.39, 0.29) is 5.82 Å². The summed E-state index contributed by atoms with van der Waals surface area (Å²) in [5, 5.41) is 0.927. The monoisotopic (exact) mass is 356 g/mol. The quantitative estimate of drug-likeness (QED) is 0.842. The molecule has 0 N–H and O–H groups in total. The van der Waals surface area contributed by atoms with Crippen LogP contribution >= 0.6 is 0 Å². The van der Waals surface area contributed by atoms with Gasteiger partial charge in [-0.25, -0.2) is 4.39 Å². The Kier molecular flexibility index (Phi) is 5.09. The Morgan fingerprint density at radius 3 is 2.65 bits per heavy atom. The molecular formula is C21H29FN4. The maximum atomic E-state index is 13.8. The fourth-order valence-corrected chi connectivity index (χ4v) is 4.41. The van der Waals surface area contributed by atoms with Gasteiger partial charge >= 0.3 is 0 Å². The minimum absolute atomic E-state index is 0.191. The van der Waals surface area contributed by atoms with Crippen molar-refractivity contribution in [2.45, 2.75) is 32.2 Å². The summed E-state index contributed by atoms with van der Waals surface area (Å²) in [4.78, 5) is 12.1. The van der Waals surface area contributed by atoms with Crippen molar-refractivity contribution >= 4 is 16.6 Å². The lowest BCUT2D eigenvalue weighted by atomic mass is 10.0. The van der Waals surface area contributed by atoms with Crippen LogP contribution in [0, 0.1) is 12.7 Å². The minimum Gasteiger partial charge on any atom is -0.368 e. The average molecular weight is 356 g/mol. The lowest BCUT2D eigenvalue weighted by molar-refractivity contribution is 0.125. The second-order valence-electron chi connectivity index (χ2n) is 7.86. The number of pyridine rings is 1. The summed E-state index contributed by atoms with van der Waals surface area (Å²) >= 11 is 0. The summed E-state index contributed by atoms with van der Waals surface area (Å²) in [6, 6.07) is 7.72. The first-order chi connectivity index (χ1) is 12.6. The molecule has 2 saturated heterocycles. The Hall–Kier alpha value is -1.72. The van der Waals surface area contributed by atoms with E-state index in [4.69, 9.17) is 0 Å². The van der Waals surface area contributed by atoms with Crippen LogP contribution < -0.4 is 4.90 Å². The molecule has 0 amide bonds. The number of rotatable bonds is 3. The Balaban J connectivity index is 1.46. The summed E-state index contributed by atoms with van der Waals surface area (Å²) < 4.78 is 13.8. The van der Waals surface area contributed by atoms with Crippen LogP contribution in [0.2, 0.25) is 0 Å². The van der Waals surface area contributed by atoms with Crippen LogP contribution in [0.1, 0.15) is 25.0 Å². The normalized spacial score (nSPS) is 22.9. The fourth-order valence-electron chi connectivity index (χ4n) is 4.41. The Morgan fingerprint density at radius 1 is 1.08 bits per heavy atom. The molecular weight excluding hydrogens is 327 g/mol. The van der Waals surface area contributed by atoms with Gasteiger partial charge in [0.1, 0.15) is 5.82 Å². The highest BCUT2D eigenvalue weighted by atomic mass is 19.1. The first kappa shape index (κ1) is 17.7. The summed E-state index contributed by atoms with van der Waals surface area (Å²) in [6.07, 6.45) is 4.03. The summed E-state index contributed by atoms with van der Waals surface area (Å²) in [6.45, 7) is 8.55. The van der Waals surface area contributed by atoms with Gasteiger partial charge in [0.25, 0.3) is 0 Å². The van der Waals surface area contributed by atoms with E-state index in [0.717, 1.165) is 48.5 Å². The van der Waals surface area contributed by atoms with Gasteiger partial charge in [0.15, 0.2) is 0 Å². The number of fused-ring (bicyclic) bond motifs is 1. The van der Waals surface area contributed by atoms with Crippen molar-refractivity contribution in [2.75, 3.05) is 51.2 Å². The number of piperidine rings is 1. The lowest BCUT2D eigenvalue weighted by Crippen LogP contribution is -2.52. The van der Waals surface area contributed by atoms with Crippen LogP contribution in [0.4, 0.5) is 10.1 Å². The van der Waals surface area contributed by atoms with Crippen molar-refractivity contribution in [3.63, 3.8) is 0 Å². The molecule has 0 saturated carbocycles. The van der Waals surface area contributed by atoms with Crippen molar-refractivity contribution in [3.8, 4) is 0 Å². The molecule has 2 aliphatic heterocycles. The van der Waals surface area contributed by atoms with Gasteiger partial charge in [-0.15, -0.1) is 0 Å². The van der Waals surface area contributed by atoms with Crippen molar-refractivity contribution < 1.29 is 4.39 Å². The summed E-state index contributed by atoms with van der Waals surface area (Å²) in [7, 11) is 2.26. The number of hydrogen-bond acceptors (Lipinski definition) is 4. The van der Waals surface area contributed by atoms with E-state index >= 15 is 0 Å². The van der Waals surface area contributed by atoms with Crippen LogP contribution in [-0.4, -0.2) is 67.1 Å². The highest BCUT2D eigenvalue weighted by Crippen LogP contribution is 2.28. The molecule has 3 heterocycles. The van der Waals surface area contributed by atoms with Crippen LogP contribution in [0.5, 0.6) is 0 Å². The van der Waals surface area contributed by atoms with E-state index in [1.807, 2.05) is 6.92 Å². The predicted molar refractivity (Wildman–Crippen MR) is 105 cm³/mol. The van der Waals surface area contributed by atoms with Gasteiger partial charge in [0.2, 0.25) is 0 Å². The molecule has 1 atom stereocenters. The largest absolute Gasteiger partial charge is 0.368 e.